The average Bonchev–Trinajstić information content (AvgIpc) is 2.24. The molecule has 3 N–H and O–H groups in total. The number of hydrogen-bond donors (Lipinski definition) is 2. The number of halogens is 2. The minimum Gasteiger partial charge on any atom is -0.399 e. The van der Waals surface area contributed by atoms with E-state index < -0.39 is 0 Å². The standard InChI is InChI=1S/C11H9BrClN3/c12-9-6-8(1-2-10(9)13)16-11-5-7(14)3-4-15-11/h1-6H,(H3,14,15,16). The van der Waals surface area contributed by atoms with Gasteiger partial charge in [-0.15, -0.1) is 0 Å². The minimum atomic E-state index is 0.672. The van der Waals surface area contributed by atoms with Gasteiger partial charge in [0.05, 0.1) is 5.02 Å². The maximum Gasteiger partial charge on any atom is 0.132 e. The molecule has 5 heteroatoms. The molecule has 0 saturated carbocycles. The first-order valence-corrected chi connectivity index (χ1v) is 5.76. The van der Waals surface area contributed by atoms with E-state index in [1.54, 1.807) is 24.4 Å². The van der Waals surface area contributed by atoms with Crippen LogP contribution < -0.4 is 11.1 Å². The maximum atomic E-state index is 5.90. The van der Waals surface area contributed by atoms with E-state index in [0.29, 0.717) is 16.5 Å². The van der Waals surface area contributed by atoms with Crippen molar-refractivity contribution in [2.45, 2.75) is 0 Å². The van der Waals surface area contributed by atoms with Crippen molar-refractivity contribution in [1.29, 1.82) is 0 Å². The van der Waals surface area contributed by atoms with Crippen molar-refractivity contribution in [2.75, 3.05) is 11.1 Å². The maximum absolute atomic E-state index is 5.90. The van der Waals surface area contributed by atoms with Crippen molar-refractivity contribution in [3.05, 3.63) is 46.0 Å². The Kier molecular flexibility index (Phi) is 3.31. The topological polar surface area (TPSA) is 50.9 Å². The highest BCUT2D eigenvalue weighted by atomic mass is 79.9. The third kappa shape index (κ3) is 2.65. The number of nitrogens with zero attached hydrogens (tertiary/aromatic N) is 1. The predicted molar refractivity (Wildman–Crippen MR) is 71.1 cm³/mol. The van der Waals surface area contributed by atoms with Crippen molar-refractivity contribution in [2.24, 2.45) is 0 Å². The number of benzene rings is 1. The fraction of sp³-hybridized carbons (Fsp3) is 0. The molecule has 1 aromatic carbocycles. The Bertz CT molecular complexity index is 516. The normalized spacial score (nSPS) is 10.1. The summed E-state index contributed by atoms with van der Waals surface area (Å²) >= 11 is 9.26. The first-order chi connectivity index (χ1) is 7.65. The van der Waals surface area contributed by atoms with Crippen LogP contribution >= 0.6 is 27.5 Å². The van der Waals surface area contributed by atoms with Crippen molar-refractivity contribution in [1.82, 2.24) is 4.98 Å². The van der Waals surface area contributed by atoms with Crippen molar-refractivity contribution in [3.63, 3.8) is 0 Å². The van der Waals surface area contributed by atoms with E-state index in [-0.39, 0.29) is 0 Å². The number of aromatic nitrogens is 1. The number of anilines is 3. The van der Waals surface area contributed by atoms with Crippen LogP contribution in [0, 0.1) is 0 Å². The molecule has 0 saturated heterocycles. The lowest BCUT2D eigenvalue weighted by Gasteiger charge is -2.06. The van der Waals surface area contributed by atoms with Gasteiger partial charge >= 0.3 is 0 Å². The van der Waals surface area contributed by atoms with Crippen LogP contribution in [0.2, 0.25) is 5.02 Å². The Labute approximate surface area is 107 Å². The van der Waals surface area contributed by atoms with Gasteiger partial charge in [-0.2, -0.15) is 0 Å². The van der Waals surface area contributed by atoms with Gasteiger partial charge in [-0.3, -0.25) is 0 Å². The van der Waals surface area contributed by atoms with E-state index in [4.69, 9.17) is 17.3 Å². The minimum absolute atomic E-state index is 0.672. The Morgan fingerprint density at radius 1 is 1.25 bits per heavy atom. The van der Waals surface area contributed by atoms with Crippen LogP contribution in [-0.4, -0.2) is 4.98 Å². The zero-order valence-corrected chi connectivity index (χ0v) is 10.6. The molecule has 0 fully saturated rings. The molecule has 2 rings (SSSR count). The van der Waals surface area contributed by atoms with E-state index in [2.05, 4.69) is 26.2 Å². The first kappa shape index (κ1) is 11.2. The summed E-state index contributed by atoms with van der Waals surface area (Å²) in [5.74, 6) is 0.703. The monoisotopic (exact) mass is 297 g/mol. The van der Waals surface area contributed by atoms with Gasteiger partial charge in [-0.1, -0.05) is 11.6 Å². The molecule has 82 valence electrons. The molecule has 0 aliphatic carbocycles. The fourth-order valence-electron chi connectivity index (χ4n) is 1.24. The van der Waals surface area contributed by atoms with Gasteiger partial charge in [-0.25, -0.2) is 4.98 Å². The van der Waals surface area contributed by atoms with Crippen LogP contribution in [0.15, 0.2) is 41.0 Å². The van der Waals surface area contributed by atoms with E-state index in [9.17, 15) is 0 Å². The molecule has 1 heterocycles. The van der Waals surface area contributed by atoms with Gasteiger partial charge < -0.3 is 11.1 Å². The molecule has 16 heavy (non-hydrogen) atoms. The summed E-state index contributed by atoms with van der Waals surface area (Å²) in [6.07, 6.45) is 1.66. The number of rotatable bonds is 2. The number of pyridine rings is 1. The third-order valence-electron chi connectivity index (χ3n) is 1.98. The molecule has 0 amide bonds. The van der Waals surface area contributed by atoms with Crippen LogP contribution in [0.1, 0.15) is 0 Å². The molecule has 3 nitrogen and oxygen atoms in total. The molecule has 2 aromatic rings. The average molecular weight is 299 g/mol. The Morgan fingerprint density at radius 3 is 2.75 bits per heavy atom. The van der Waals surface area contributed by atoms with Crippen molar-refractivity contribution in [3.8, 4) is 0 Å². The summed E-state index contributed by atoms with van der Waals surface area (Å²) in [4.78, 5) is 4.15. The lowest BCUT2D eigenvalue weighted by atomic mass is 10.3. The van der Waals surface area contributed by atoms with Crippen LogP contribution in [0.5, 0.6) is 0 Å². The number of nitrogens with two attached hydrogens (primary N) is 1. The highest BCUT2D eigenvalue weighted by Gasteiger charge is 2.00. The smallest absolute Gasteiger partial charge is 0.132 e. The van der Waals surface area contributed by atoms with Crippen LogP contribution in [0.4, 0.5) is 17.2 Å². The Hall–Kier alpha value is -1.26. The molecule has 0 spiro atoms. The van der Waals surface area contributed by atoms with Gasteiger partial charge in [-0.05, 0) is 40.2 Å². The van der Waals surface area contributed by atoms with Gasteiger partial charge in [0.2, 0.25) is 0 Å². The van der Waals surface area contributed by atoms with E-state index in [0.717, 1.165) is 10.2 Å². The van der Waals surface area contributed by atoms with Gasteiger partial charge in [0.15, 0.2) is 0 Å². The van der Waals surface area contributed by atoms with Gasteiger partial charge in [0, 0.05) is 28.1 Å². The van der Waals surface area contributed by atoms with Crippen molar-refractivity contribution >= 4 is 44.7 Å². The molecule has 0 atom stereocenters. The SMILES string of the molecule is Nc1ccnc(Nc2ccc(Cl)c(Br)c2)c1. The zero-order chi connectivity index (χ0) is 11.5. The summed E-state index contributed by atoms with van der Waals surface area (Å²) in [5.41, 5.74) is 7.23. The van der Waals surface area contributed by atoms with Crippen molar-refractivity contribution < 1.29 is 0 Å². The van der Waals surface area contributed by atoms with Crippen LogP contribution in [0.3, 0.4) is 0 Å². The zero-order valence-electron chi connectivity index (χ0n) is 8.24. The van der Waals surface area contributed by atoms with Crippen LogP contribution in [0.25, 0.3) is 0 Å². The predicted octanol–water partition coefficient (Wildman–Crippen LogP) is 3.82. The number of hydrogen-bond acceptors (Lipinski definition) is 3. The molecular weight excluding hydrogens is 289 g/mol. The second-order valence-electron chi connectivity index (χ2n) is 3.23. The Morgan fingerprint density at radius 2 is 2.06 bits per heavy atom. The number of nitrogens with one attached hydrogen (secondary N) is 1. The first-order valence-electron chi connectivity index (χ1n) is 4.59. The third-order valence-corrected chi connectivity index (χ3v) is 3.19. The lowest BCUT2D eigenvalue weighted by molar-refractivity contribution is 1.31. The van der Waals surface area contributed by atoms with E-state index in [1.807, 2.05) is 12.1 Å². The van der Waals surface area contributed by atoms with Gasteiger partial charge in [0.25, 0.3) is 0 Å². The quantitative estimate of drug-likeness (QED) is 0.886. The molecule has 0 aliphatic heterocycles. The summed E-state index contributed by atoms with van der Waals surface area (Å²) in [6.45, 7) is 0. The highest BCUT2D eigenvalue weighted by Crippen LogP contribution is 2.27. The Balaban J connectivity index is 2.24. The largest absolute Gasteiger partial charge is 0.399 e. The molecular formula is C11H9BrClN3. The molecule has 0 bridgehead atoms. The lowest BCUT2D eigenvalue weighted by Crippen LogP contribution is -1.94. The van der Waals surface area contributed by atoms with Crippen LogP contribution in [-0.2, 0) is 0 Å². The van der Waals surface area contributed by atoms with Gasteiger partial charge in [0.1, 0.15) is 5.82 Å². The summed E-state index contributed by atoms with van der Waals surface area (Å²) in [7, 11) is 0. The number of nitrogen functional groups attached to an aromatic ring is 1. The summed E-state index contributed by atoms with van der Waals surface area (Å²) < 4.78 is 0.836. The molecule has 0 radical (unpaired) electrons. The molecule has 0 unspecified atom stereocenters. The molecule has 0 aliphatic rings. The highest BCUT2D eigenvalue weighted by molar-refractivity contribution is 9.10. The fourth-order valence-corrected chi connectivity index (χ4v) is 1.73. The second kappa shape index (κ2) is 4.72. The van der Waals surface area contributed by atoms with E-state index >= 15 is 0 Å². The summed E-state index contributed by atoms with van der Waals surface area (Å²) in [6, 6.07) is 9.07. The van der Waals surface area contributed by atoms with E-state index in [1.165, 1.54) is 0 Å². The second-order valence-corrected chi connectivity index (χ2v) is 4.49. The molecule has 1 aromatic heterocycles. The summed E-state index contributed by atoms with van der Waals surface area (Å²) in [5, 5.41) is 3.81.